The maximum absolute atomic E-state index is 14.6. The van der Waals surface area contributed by atoms with E-state index in [-0.39, 0.29) is 16.7 Å². The van der Waals surface area contributed by atoms with Gasteiger partial charge in [-0.1, -0.05) is 18.1 Å². The zero-order chi connectivity index (χ0) is 24.6. The molecule has 4 heterocycles. The average Bonchev–Trinajstić information content (AvgIpc) is 3.54. The molecule has 2 saturated heterocycles. The second-order valence-corrected chi connectivity index (χ2v) is 11.5. The number of nitrogens with zero attached hydrogens (tertiary/aromatic N) is 5. The Morgan fingerprint density at radius 3 is 2.46 bits per heavy atom. The number of sulfone groups is 1. The van der Waals surface area contributed by atoms with Gasteiger partial charge in [0.1, 0.15) is 11.6 Å². The van der Waals surface area contributed by atoms with Crippen LogP contribution in [0.25, 0.3) is 0 Å². The minimum absolute atomic E-state index is 0.0177. The van der Waals surface area contributed by atoms with Crippen molar-refractivity contribution in [2.45, 2.75) is 49.3 Å². The normalized spacial score (nSPS) is 19.5. The zero-order valence-corrected chi connectivity index (χ0v) is 20.8. The summed E-state index contributed by atoms with van der Waals surface area (Å²) >= 11 is 0. The van der Waals surface area contributed by atoms with Crippen LogP contribution >= 0.6 is 0 Å². The van der Waals surface area contributed by atoms with Crippen molar-refractivity contribution in [3.05, 3.63) is 59.6 Å². The van der Waals surface area contributed by atoms with Crippen LogP contribution in [0.4, 0.5) is 15.9 Å². The van der Waals surface area contributed by atoms with Gasteiger partial charge >= 0.3 is 0 Å². The molecule has 8 nitrogen and oxygen atoms in total. The Bertz CT molecular complexity index is 1290. The number of pyridine rings is 1. The molecule has 186 valence electrons. The van der Waals surface area contributed by atoms with Gasteiger partial charge in [0, 0.05) is 44.5 Å². The molecule has 0 bridgehead atoms. The van der Waals surface area contributed by atoms with E-state index < -0.39 is 15.7 Å². The summed E-state index contributed by atoms with van der Waals surface area (Å²) in [5.41, 5.74) is 1.63. The Morgan fingerprint density at radius 2 is 1.80 bits per heavy atom. The van der Waals surface area contributed by atoms with Crippen molar-refractivity contribution in [2.75, 3.05) is 42.2 Å². The predicted molar refractivity (Wildman–Crippen MR) is 131 cm³/mol. The number of rotatable bonds is 6. The molecule has 0 saturated carbocycles. The summed E-state index contributed by atoms with van der Waals surface area (Å²) in [6.45, 7) is 5.11. The second-order valence-electron chi connectivity index (χ2n) is 9.45. The van der Waals surface area contributed by atoms with Crippen molar-refractivity contribution in [3.8, 4) is 0 Å². The van der Waals surface area contributed by atoms with Crippen LogP contribution < -0.4 is 9.80 Å². The monoisotopic (exact) mass is 499 g/mol. The Kier molecular flexibility index (Phi) is 6.48. The summed E-state index contributed by atoms with van der Waals surface area (Å²) in [5, 5.41) is 4.28. The number of hydrogen-bond acceptors (Lipinski definition) is 8. The molecule has 0 aliphatic carbocycles. The first kappa shape index (κ1) is 23.7. The lowest BCUT2D eigenvalue weighted by atomic mass is 9.96. The highest BCUT2D eigenvalue weighted by Gasteiger charge is 2.32. The van der Waals surface area contributed by atoms with Crippen LogP contribution in [0, 0.1) is 5.82 Å². The van der Waals surface area contributed by atoms with E-state index in [0.29, 0.717) is 24.7 Å². The van der Waals surface area contributed by atoms with Crippen molar-refractivity contribution in [1.82, 2.24) is 15.1 Å². The van der Waals surface area contributed by atoms with Crippen LogP contribution in [0.1, 0.15) is 55.3 Å². The first-order valence-corrected chi connectivity index (χ1v) is 14.0. The topological polar surface area (TPSA) is 92.4 Å². The lowest BCUT2D eigenvalue weighted by Crippen LogP contribution is -2.33. The molecule has 0 spiro atoms. The maximum Gasteiger partial charge on any atom is 0.231 e. The standard InChI is InChI=1S/C25H30FN5O3S/c1-3-17-4-7-23(27-15-17)30-11-8-18(9-12-30)24-28-25(34-29-24)19-10-13-31(16-19)22-6-5-20(14-21(22)26)35(2,32)33/h4-7,14-15,18-19H,3,8-13,16H2,1-2H3. The lowest BCUT2D eigenvalue weighted by molar-refractivity contribution is 0.348. The van der Waals surface area contributed by atoms with Gasteiger partial charge in [-0.25, -0.2) is 17.8 Å². The number of anilines is 2. The van der Waals surface area contributed by atoms with E-state index in [2.05, 4.69) is 34.1 Å². The van der Waals surface area contributed by atoms with Gasteiger partial charge in [-0.2, -0.15) is 4.98 Å². The fourth-order valence-electron chi connectivity index (χ4n) is 4.91. The van der Waals surface area contributed by atoms with Crippen LogP contribution in [-0.2, 0) is 16.3 Å². The number of halogens is 1. The van der Waals surface area contributed by atoms with Crippen molar-refractivity contribution in [2.24, 2.45) is 0 Å². The van der Waals surface area contributed by atoms with E-state index >= 15 is 0 Å². The van der Waals surface area contributed by atoms with Crippen LogP contribution in [0.15, 0.2) is 45.9 Å². The van der Waals surface area contributed by atoms with Gasteiger partial charge < -0.3 is 14.3 Å². The SMILES string of the molecule is CCc1ccc(N2CCC(c3noc(C4CCN(c5ccc(S(C)(=O)=O)cc5F)C4)n3)CC2)nc1. The number of aromatic nitrogens is 3. The van der Waals surface area contributed by atoms with Crippen molar-refractivity contribution in [3.63, 3.8) is 0 Å². The molecule has 2 fully saturated rings. The molecule has 2 aliphatic rings. The molecule has 0 N–H and O–H groups in total. The highest BCUT2D eigenvalue weighted by molar-refractivity contribution is 7.90. The summed E-state index contributed by atoms with van der Waals surface area (Å²) < 4.78 is 43.6. The highest BCUT2D eigenvalue weighted by atomic mass is 32.2. The van der Waals surface area contributed by atoms with Gasteiger partial charge in [-0.05, 0) is 55.5 Å². The Hall–Kier alpha value is -3.01. The fourth-order valence-corrected chi connectivity index (χ4v) is 5.55. The fraction of sp³-hybridized carbons (Fsp3) is 0.480. The molecule has 2 aliphatic heterocycles. The molecule has 5 rings (SSSR count). The van der Waals surface area contributed by atoms with E-state index in [1.54, 1.807) is 0 Å². The van der Waals surface area contributed by atoms with E-state index in [1.807, 2.05) is 11.1 Å². The van der Waals surface area contributed by atoms with Gasteiger partial charge in [0.2, 0.25) is 5.89 Å². The quantitative estimate of drug-likeness (QED) is 0.504. The zero-order valence-electron chi connectivity index (χ0n) is 20.0. The number of piperidine rings is 1. The van der Waals surface area contributed by atoms with E-state index in [1.165, 1.54) is 17.7 Å². The van der Waals surface area contributed by atoms with Gasteiger partial charge in [-0.15, -0.1) is 0 Å². The first-order chi connectivity index (χ1) is 16.8. The summed E-state index contributed by atoms with van der Waals surface area (Å²) in [5.74, 6) is 2.08. The largest absolute Gasteiger partial charge is 0.368 e. The molecule has 0 amide bonds. The molecule has 2 aromatic heterocycles. The number of hydrogen-bond donors (Lipinski definition) is 0. The molecule has 1 atom stereocenters. The summed E-state index contributed by atoms with van der Waals surface area (Å²) in [4.78, 5) is 13.5. The Morgan fingerprint density at radius 1 is 1.06 bits per heavy atom. The van der Waals surface area contributed by atoms with Crippen LogP contribution in [-0.4, -0.2) is 56.0 Å². The van der Waals surface area contributed by atoms with E-state index in [4.69, 9.17) is 9.51 Å². The minimum Gasteiger partial charge on any atom is -0.368 e. The molecule has 1 aromatic carbocycles. The smallest absolute Gasteiger partial charge is 0.231 e. The Labute approximate surface area is 205 Å². The summed E-state index contributed by atoms with van der Waals surface area (Å²) in [6, 6.07) is 8.30. The lowest BCUT2D eigenvalue weighted by Gasteiger charge is -2.31. The van der Waals surface area contributed by atoms with Crippen LogP contribution in [0.5, 0.6) is 0 Å². The summed E-state index contributed by atoms with van der Waals surface area (Å²) in [6.07, 6.45) is 6.65. The third kappa shape index (κ3) is 5.03. The van der Waals surface area contributed by atoms with Gasteiger partial charge in [0.15, 0.2) is 15.7 Å². The van der Waals surface area contributed by atoms with Gasteiger partial charge in [0.05, 0.1) is 16.5 Å². The summed E-state index contributed by atoms with van der Waals surface area (Å²) in [7, 11) is -3.45. The second kappa shape index (κ2) is 9.56. The van der Waals surface area contributed by atoms with E-state index in [9.17, 15) is 12.8 Å². The molecule has 35 heavy (non-hydrogen) atoms. The van der Waals surface area contributed by atoms with Gasteiger partial charge in [-0.3, -0.25) is 0 Å². The molecule has 10 heteroatoms. The third-order valence-electron chi connectivity index (χ3n) is 7.08. The maximum atomic E-state index is 14.6. The molecule has 0 radical (unpaired) electrons. The molecular weight excluding hydrogens is 469 g/mol. The average molecular weight is 500 g/mol. The number of aryl methyl sites for hydroxylation is 1. The molecule has 1 unspecified atom stereocenters. The van der Waals surface area contributed by atoms with Crippen LogP contribution in [0.2, 0.25) is 0 Å². The van der Waals surface area contributed by atoms with Crippen molar-refractivity contribution >= 4 is 21.3 Å². The molecule has 3 aromatic rings. The molecular formula is C25H30FN5O3S. The minimum atomic E-state index is -3.45. The van der Waals surface area contributed by atoms with E-state index in [0.717, 1.165) is 62.7 Å². The first-order valence-electron chi connectivity index (χ1n) is 12.1. The Balaban J connectivity index is 1.20. The van der Waals surface area contributed by atoms with Crippen molar-refractivity contribution < 1.29 is 17.3 Å². The van der Waals surface area contributed by atoms with Crippen molar-refractivity contribution in [1.29, 1.82) is 0 Å². The van der Waals surface area contributed by atoms with Crippen LogP contribution in [0.3, 0.4) is 0 Å². The van der Waals surface area contributed by atoms with Gasteiger partial charge in [0.25, 0.3) is 0 Å². The highest BCUT2D eigenvalue weighted by Crippen LogP contribution is 2.34. The number of benzene rings is 1. The third-order valence-corrected chi connectivity index (χ3v) is 8.19. The predicted octanol–water partition coefficient (Wildman–Crippen LogP) is 3.95.